The van der Waals surface area contributed by atoms with Crippen LogP contribution in [0.5, 0.6) is 0 Å². The van der Waals surface area contributed by atoms with E-state index < -0.39 is 0 Å². The Balaban J connectivity index is 2.25. The summed E-state index contributed by atoms with van der Waals surface area (Å²) in [6.07, 6.45) is 1.31. The predicted molar refractivity (Wildman–Crippen MR) is 76.5 cm³/mol. The highest BCUT2D eigenvalue weighted by Gasteiger charge is 2.13. The topological polar surface area (TPSA) is 34.9 Å². The first-order chi connectivity index (χ1) is 9.15. The van der Waals surface area contributed by atoms with Crippen molar-refractivity contribution in [2.75, 3.05) is 0 Å². The van der Waals surface area contributed by atoms with Gasteiger partial charge in [-0.05, 0) is 31.9 Å². The molecule has 19 heavy (non-hydrogen) atoms. The second-order valence-electron chi connectivity index (χ2n) is 4.70. The van der Waals surface area contributed by atoms with Crippen LogP contribution in [0.25, 0.3) is 0 Å². The van der Waals surface area contributed by atoms with Crippen molar-refractivity contribution in [2.45, 2.75) is 40.2 Å². The Bertz CT molecular complexity index is 584. The molecule has 0 saturated heterocycles. The van der Waals surface area contributed by atoms with E-state index in [4.69, 9.17) is 0 Å². The SMILES string of the molecule is CCc1ccccc1C(=O)Cc1cc(C)nn1CC. The summed E-state index contributed by atoms with van der Waals surface area (Å²) in [5.74, 6) is 0.173. The molecule has 1 heterocycles. The van der Waals surface area contributed by atoms with E-state index in [0.29, 0.717) is 6.42 Å². The molecule has 100 valence electrons. The van der Waals surface area contributed by atoms with Crippen LogP contribution < -0.4 is 0 Å². The molecule has 0 aliphatic heterocycles. The first-order valence-electron chi connectivity index (χ1n) is 6.80. The van der Waals surface area contributed by atoms with Crippen molar-refractivity contribution in [1.82, 2.24) is 9.78 Å². The average molecular weight is 256 g/mol. The van der Waals surface area contributed by atoms with E-state index in [1.165, 1.54) is 0 Å². The van der Waals surface area contributed by atoms with Crippen molar-refractivity contribution in [3.05, 3.63) is 52.8 Å². The lowest BCUT2D eigenvalue weighted by molar-refractivity contribution is 0.0989. The lowest BCUT2D eigenvalue weighted by Gasteiger charge is -2.07. The normalized spacial score (nSPS) is 10.7. The lowest BCUT2D eigenvalue weighted by Crippen LogP contribution is -2.11. The third-order valence-corrected chi connectivity index (χ3v) is 3.33. The number of rotatable bonds is 5. The van der Waals surface area contributed by atoms with Crippen molar-refractivity contribution in [3.63, 3.8) is 0 Å². The van der Waals surface area contributed by atoms with Crippen LogP contribution in [-0.2, 0) is 19.4 Å². The summed E-state index contributed by atoms with van der Waals surface area (Å²) in [4.78, 5) is 12.4. The minimum atomic E-state index is 0.173. The number of aromatic nitrogens is 2. The number of hydrogen-bond acceptors (Lipinski definition) is 2. The third-order valence-electron chi connectivity index (χ3n) is 3.33. The molecule has 0 aliphatic rings. The van der Waals surface area contributed by atoms with Crippen molar-refractivity contribution in [3.8, 4) is 0 Å². The molecule has 0 atom stereocenters. The number of Topliss-reactive ketones (excluding diaryl/α,β-unsaturated/α-hetero) is 1. The molecule has 0 saturated carbocycles. The first-order valence-corrected chi connectivity index (χ1v) is 6.80. The van der Waals surface area contributed by atoms with Crippen molar-refractivity contribution in [2.24, 2.45) is 0 Å². The van der Waals surface area contributed by atoms with Gasteiger partial charge in [-0.25, -0.2) is 0 Å². The van der Waals surface area contributed by atoms with Gasteiger partial charge in [0.15, 0.2) is 5.78 Å². The second-order valence-corrected chi connectivity index (χ2v) is 4.70. The number of benzene rings is 1. The molecule has 0 aliphatic carbocycles. The summed E-state index contributed by atoms with van der Waals surface area (Å²) in [6, 6.07) is 9.84. The molecule has 0 spiro atoms. The van der Waals surface area contributed by atoms with E-state index in [1.807, 2.05) is 48.9 Å². The van der Waals surface area contributed by atoms with Gasteiger partial charge < -0.3 is 0 Å². The lowest BCUT2D eigenvalue weighted by atomic mass is 9.99. The van der Waals surface area contributed by atoms with Crippen molar-refractivity contribution >= 4 is 5.78 Å². The van der Waals surface area contributed by atoms with E-state index in [0.717, 1.165) is 35.5 Å². The van der Waals surface area contributed by atoms with Gasteiger partial charge in [0.2, 0.25) is 0 Å². The smallest absolute Gasteiger partial charge is 0.169 e. The monoisotopic (exact) mass is 256 g/mol. The predicted octanol–water partition coefficient (Wildman–Crippen LogP) is 3.20. The zero-order chi connectivity index (χ0) is 13.8. The van der Waals surface area contributed by atoms with Crippen LogP contribution in [0.2, 0.25) is 0 Å². The third kappa shape index (κ3) is 2.92. The number of hydrogen-bond donors (Lipinski definition) is 0. The maximum absolute atomic E-state index is 12.4. The van der Waals surface area contributed by atoms with Gasteiger partial charge in [-0.2, -0.15) is 5.10 Å². The molecule has 1 aromatic carbocycles. The summed E-state index contributed by atoms with van der Waals surface area (Å²) in [7, 11) is 0. The Morgan fingerprint density at radius 3 is 2.68 bits per heavy atom. The Labute approximate surface area is 114 Å². The number of ketones is 1. The van der Waals surface area contributed by atoms with Crippen molar-refractivity contribution in [1.29, 1.82) is 0 Å². The number of nitrogens with zero attached hydrogens (tertiary/aromatic N) is 2. The van der Waals surface area contributed by atoms with Crippen LogP contribution in [0.3, 0.4) is 0 Å². The van der Waals surface area contributed by atoms with Gasteiger partial charge >= 0.3 is 0 Å². The van der Waals surface area contributed by atoms with Crippen molar-refractivity contribution < 1.29 is 4.79 Å². The molecule has 0 bridgehead atoms. The Kier molecular flexibility index (Phi) is 4.15. The number of carbonyl (C=O) groups is 1. The van der Waals surface area contributed by atoms with Crippen LogP contribution in [0.15, 0.2) is 30.3 Å². The Hall–Kier alpha value is -1.90. The van der Waals surface area contributed by atoms with Crippen LogP contribution in [0.4, 0.5) is 0 Å². The first kappa shape index (κ1) is 13.5. The summed E-state index contributed by atoms with van der Waals surface area (Å²) in [5, 5.41) is 4.38. The van der Waals surface area contributed by atoms with E-state index in [1.54, 1.807) is 0 Å². The zero-order valence-electron chi connectivity index (χ0n) is 11.8. The zero-order valence-corrected chi connectivity index (χ0v) is 11.8. The highest BCUT2D eigenvalue weighted by Crippen LogP contribution is 2.14. The highest BCUT2D eigenvalue weighted by molar-refractivity contribution is 5.98. The average Bonchev–Trinajstić information content (AvgIpc) is 2.78. The van der Waals surface area contributed by atoms with Gasteiger partial charge in [-0.1, -0.05) is 31.2 Å². The van der Waals surface area contributed by atoms with Crippen LogP contribution in [0, 0.1) is 6.92 Å². The fourth-order valence-electron chi connectivity index (χ4n) is 2.38. The molecule has 2 aromatic rings. The van der Waals surface area contributed by atoms with Crippen LogP contribution in [-0.4, -0.2) is 15.6 Å². The van der Waals surface area contributed by atoms with Gasteiger partial charge in [0, 0.05) is 17.8 Å². The molecular formula is C16H20N2O. The van der Waals surface area contributed by atoms with Crippen LogP contribution in [0.1, 0.15) is 41.2 Å². The second kappa shape index (κ2) is 5.83. The summed E-state index contributed by atoms with van der Waals surface area (Å²) < 4.78 is 1.90. The number of carbonyl (C=O) groups excluding carboxylic acids is 1. The Morgan fingerprint density at radius 2 is 2.00 bits per heavy atom. The maximum atomic E-state index is 12.4. The molecule has 3 heteroatoms. The number of aryl methyl sites for hydroxylation is 3. The van der Waals surface area contributed by atoms with Gasteiger partial charge in [0.25, 0.3) is 0 Å². The maximum Gasteiger partial charge on any atom is 0.169 e. The standard InChI is InChI=1S/C16H20N2O/c1-4-13-8-6-7-9-15(13)16(19)11-14-10-12(3)17-18(14)5-2/h6-10H,4-5,11H2,1-3H3. The molecular weight excluding hydrogens is 236 g/mol. The van der Waals surface area contributed by atoms with E-state index in [-0.39, 0.29) is 5.78 Å². The fraction of sp³-hybridized carbons (Fsp3) is 0.375. The molecule has 2 rings (SSSR count). The summed E-state index contributed by atoms with van der Waals surface area (Å²) in [5.41, 5.74) is 3.92. The largest absolute Gasteiger partial charge is 0.294 e. The fourth-order valence-corrected chi connectivity index (χ4v) is 2.38. The molecule has 0 amide bonds. The van der Waals surface area contributed by atoms with Gasteiger partial charge in [-0.15, -0.1) is 0 Å². The van der Waals surface area contributed by atoms with Gasteiger partial charge in [0.1, 0.15) is 0 Å². The van der Waals surface area contributed by atoms with Crippen LogP contribution >= 0.6 is 0 Å². The quantitative estimate of drug-likeness (QED) is 0.770. The van der Waals surface area contributed by atoms with E-state index in [2.05, 4.69) is 12.0 Å². The molecule has 1 aromatic heterocycles. The molecule has 3 nitrogen and oxygen atoms in total. The Morgan fingerprint density at radius 1 is 1.26 bits per heavy atom. The minimum Gasteiger partial charge on any atom is -0.294 e. The van der Waals surface area contributed by atoms with E-state index >= 15 is 0 Å². The minimum absolute atomic E-state index is 0.173. The summed E-state index contributed by atoms with van der Waals surface area (Å²) in [6.45, 7) is 6.87. The molecule has 0 radical (unpaired) electrons. The van der Waals surface area contributed by atoms with E-state index in [9.17, 15) is 4.79 Å². The van der Waals surface area contributed by atoms with Gasteiger partial charge in [0.05, 0.1) is 12.1 Å². The molecule has 0 N–H and O–H groups in total. The molecule has 0 fully saturated rings. The molecule has 0 unspecified atom stereocenters. The highest BCUT2D eigenvalue weighted by atomic mass is 16.1. The van der Waals surface area contributed by atoms with Gasteiger partial charge in [-0.3, -0.25) is 9.48 Å². The summed E-state index contributed by atoms with van der Waals surface area (Å²) >= 11 is 0.